The molecule has 1 rings (SSSR count). The fraction of sp³-hybridized carbons (Fsp3) is 0.222. The molecule has 6 heteroatoms. The Morgan fingerprint density at radius 3 is 2.60 bits per heavy atom. The summed E-state index contributed by atoms with van der Waals surface area (Å²) >= 11 is 3.04. The fourth-order valence-corrected chi connectivity index (χ4v) is 1.33. The Morgan fingerprint density at radius 2 is 2.07 bits per heavy atom. The zero-order chi connectivity index (χ0) is 11.5. The molecule has 0 radical (unpaired) electrons. The molecule has 0 spiro atoms. The Labute approximate surface area is 92.4 Å². The van der Waals surface area contributed by atoms with Gasteiger partial charge >= 0.3 is 6.18 Å². The largest absolute Gasteiger partial charge is 0.483 e. The number of hydrogen-bond donors (Lipinski definition) is 0. The van der Waals surface area contributed by atoms with Crippen molar-refractivity contribution < 1.29 is 17.9 Å². The number of nitrogens with zero attached hydrogens (tertiary/aromatic N) is 1. The van der Waals surface area contributed by atoms with E-state index in [4.69, 9.17) is 5.26 Å². The van der Waals surface area contributed by atoms with E-state index >= 15 is 0 Å². The first-order chi connectivity index (χ1) is 6.94. The van der Waals surface area contributed by atoms with E-state index in [1.54, 1.807) is 12.1 Å². The summed E-state index contributed by atoms with van der Waals surface area (Å²) in [4.78, 5) is 0. The third-order valence-corrected chi connectivity index (χ3v) is 2.14. The predicted molar refractivity (Wildman–Crippen MR) is 50.4 cm³/mol. The molecule has 0 aromatic heterocycles. The Bertz CT molecular complexity index is 397. The number of nitriles is 1. The summed E-state index contributed by atoms with van der Waals surface area (Å²) in [6, 6.07) is 6.13. The first-order valence-corrected chi connectivity index (χ1v) is 4.61. The first-order valence-electron chi connectivity index (χ1n) is 3.82. The van der Waals surface area contributed by atoms with Gasteiger partial charge in [0.1, 0.15) is 17.4 Å². The molecule has 2 nitrogen and oxygen atoms in total. The molecule has 0 aliphatic rings. The van der Waals surface area contributed by atoms with Gasteiger partial charge in [0.2, 0.25) is 0 Å². The van der Waals surface area contributed by atoms with Crippen LogP contribution in [0.3, 0.4) is 0 Å². The standard InChI is InChI=1S/C9H5BrF3NO/c10-7-2-1-3-8(6(7)4-14)15-5-9(11,12)13/h1-3H,5H2. The van der Waals surface area contributed by atoms with Crippen LogP contribution in [0.15, 0.2) is 22.7 Å². The second kappa shape index (κ2) is 4.53. The van der Waals surface area contributed by atoms with Gasteiger partial charge in [0, 0.05) is 4.47 Å². The average molecular weight is 280 g/mol. The van der Waals surface area contributed by atoms with Gasteiger partial charge in [-0.2, -0.15) is 18.4 Å². The number of ether oxygens (including phenoxy) is 1. The number of hydrogen-bond acceptors (Lipinski definition) is 2. The SMILES string of the molecule is N#Cc1c(Br)cccc1OCC(F)(F)F. The highest BCUT2D eigenvalue weighted by molar-refractivity contribution is 9.10. The van der Waals surface area contributed by atoms with Crippen LogP contribution in [-0.4, -0.2) is 12.8 Å². The van der Waals surface area contributed by atoms with Gasteiger partial charge in [0.25, 0.3) is 0 Å². The van der Waals surface area contributed by atoms with Crippen molar-refractivity contribution >= 4 is 15.9 Å². The van der Waals surface area contributed by atoms with E-state index in [1.807, 2.05) is 0 Å². The molecular weight excluding hydrogens is 275 g/mol. The molecule has 0 saturated carbocycles. The third kappa shape index (κ3) is 3.44. The van der Waals surface area contributed by atoms with Crippen LogP contribution in [-0.2, 0) is 0 Å². The van der Waals surface area contributed by atoms with Crippen molar-refractivity contribution in [2.45, 2.75) is 6.18 Å². The molecule has 0 bridgehead atoms. The highest BCUT2D eigenvalue weighted by Gasteiger charge is 2.28. The maximum absolute atomic E-state index is 11.9. The molecule has 0 aliphatic carbocycles. The van der Waals surface area contributed by atoms with Crippen LogP contribution in [0.2, 0.25) is 0 Å². The zero-order valence-corrected chi connectivity index (χ0v) is 8.89. The van der Waals surface area contributed by atoms with E-state index in [-0.39, 0.29) is 11.3 Å². The Hall–Kier alpha value is -1.22. The van der Waals surface area contributed by atoms with E-state index in [1.165, 1.54) is 12.1 Å². The van der Waals surface area contributed by atoms with Gasteiger partial charge in [-0.3, -0.25) is 0 Å². The van der Waals surface area contributed by atoms with Gasteiger partial charge in [-0.15, -0.1) is 0 Å². The molecular formula is C9H5BrF3NO. The summed E-state index contributed by atoms with van der Waals surface area (Å²) in [6.07, 6.45) is -4.41. The van der Waals surface area contributed by atoms with Gasteiger partial charge < -0.3 is 4.74 Å². The monoisotopic (exact) mass is 279 g/mol. The van der Waals surface area contributed by atoms with Gasteiger partial charge in [0.15, 0.2) is 6.61 Å². The van der Waals surface area contributed by atoms with Crippen LogP contribution < -0.4 is 4.74 Å². The van der Waals surface area contributed by atoms with Crippen molar-refractivity contribution in [2.24, 2.45) is 0 Å². The summed E-state index contributed by atoms with van der Waals surface area (Å²) in [7, 11) is 0. The summed E-state index contributed by atoms with van der Waals surface area (Å²) < 4.78 is 40.5. The van der Waals surface area contributed by atoms with Crippen molar-refractivity contribution in [3.05, 3.63) is 28.2 Å². The molecule has 1 aromatic rings. The van der Waals surface area contributed by atoms with Crippen LogP contribution in [0.4, 0.5) is 13.2 Å². The van der Waals surface area contributed by atoms with E-state index in [0.29, 0.717) is 4.47 Å². The lowest BCUT2D eigenvalue weighted by molar-refractivity contribution is -0.153. The molecule has 0 fully saturated rings. The molecule has 15 heavy (non-hydrogen) atoms. The number of halogens is 4. The Balaban J connectivity index is 2.87. The van der Waals surface area contributed by atoms with Crippen molar-refractivity contribution in [3.63, 3.8) is 0 Å². The maximum atomic E-state index is 11.9. The maximum Gasteiger partial charge on any atom is 0.422 e. The second-order valence-electron chi connectivity index (χ2n) is 2.63. The number of benzene rings is 1. The van der Waals surface area contributed by atoms with E-state index in [0.717, 1.165) is 0 Å². The number of rotatable bonds is 2. The number of alkyl halides is 3. The zero-order valence-electron chi connectivity index (χ0n) is 7.31. The molecule has 0 heterocycles. The average Bonchev–Trinajstić information content (AvgIpc) is 2.13. The van der Waals surface area contributed by atoms with Gasteiger partial charge in [-0.1, -0.05) is 6.07 Å². The minimum absolute atomic E-state index is 0.0572. The van der Waals surface area contributed by atoms with Crippen molar-refractivity contribution in [1.82, 2.24) is 0 Å². The smallest absolute Gasteiger partial charge is 0.422 e. The summed E-state index contributed by atoms with van der Waals surface area (Å²) in [5, 5.41) is 8.69. The fourth-order valence-electron chi connectivity index (χ4n) is 0.893. The van der Waals surface area contributed by atoms with Gasteiger partial charge in [-0.25, -0.2) is 0 Å². The highest BCUT2D eigenvalue weighted by atomic mass is 79.9. The molecule has 0 saturated heterocycles. The molecule has 0 atom stereocenters. The first kappa shape index (κ1) is 11.9. The second-order valence-corrected chi connectivity index (χ2v) is 3.48. The normalized spacial score (nSPS) is 10.9. The van der Waals surface area contributed by atoms with Crippen LogP contribution in [0.1, 0.15) is 5.56 Å². The molecule has 0 N–H and O–H groups in total. The van der Waals surface area contributed by atoms with Crippen LogP contribution in [0, 0.1) is 11.3 Å². The van der Waals surface area contributed by atoms with Crippen molar-refractivity contribution in [1.29, 1.82) is 5.26 Å². The van der Waals surface area contributed by atoms with Crippen LogP contribution in [0.25, 0.3) is 0 Å². The van der Waals surface area contributed by atoms with E-state index < -0.39 is 12.8 Å². The summed E-state index contributed by atoms with van der Waals surface area (Å²) in [6.45, 7) is -1.40. The predicted octanol–water partition coefficient (Wildman–Crippen LogP) is 3.26. The molecule has 0 amide bonds. The van der Waals surface area contributed by atoms with Crippen LogP contribution >= 0.6 is 15.9 Å². The van der Waals surface area contributed by atoms with E-state index in [9.17, 15) is 13.2 Å². The summed E-state index contributed by atoms with van der Waals surface area (Å²) in [5.74, 6) is -0.0794. The molecule has 1 aromatic carbocycles. The molecule has 0 aliphatic heterocycles. The van der Waals surface area contributed by atoms with Crippen molar-refractivity contribution in [2.75, 3.05) is 6.61 Å². The highest BCUT2D eigenvalue weighted by Crippen LogP contribution is 2.27. The van der Waals surface area contributed by atoms with Gasteiger partial charge in [0.05, 0.1) is 0 Å². The van der Waals surface area contributed by atoms with Crippen molar-refractivity contribution in [3.8, 4) is 11.8 Å². The third-order valence-electron chi connectivity index (χ3n) is 1.48. The quantitative estimate of drug-likeness (QED) is 0.833. The molecule has 80 valence electrons. The molecule has 0 unspecified atom stereocenters. The van der Waals surface area contributed by atoms with Gasteiger partial charge in [-0.05, 0) is 28.1 Å². The topological polar surface area (TPSA) is 33.0 Å². The van der Waals surface area contributed by atoms with Crippen LogP contribution in [0.5, 0.6) is 5.75 Å². The lowest BCUT2D eigenvalue weighted by Gasteiger charge is -2.10. The van der Waals surface area contributed by atoms with E-state index in [2.05, 4.69) is 20.7 Å². The lowest BCUT2D eigenvalue weighted by atomic mass is 10.2. The Kier molecular flexibility index (Phi) is 3.58. The summed E-state index contributed by atoms with van der Waals surface area (Å²) in [5.41, 5.74) is 0.0572. The minimum atomic E-state index is -4.41. The lowest BCUT2D eigenvalue weighted by Crippen LogP contribution is -2.19. The Morgan fingerprint density at radius 1 is 1.40 bits per heavy atom. The minimum Gasteiger partial charge on any atom is -0.483 e.